The van der Waals surface area contributed by atoms with Gasteiger partial charge in [-0.2, -0.15) is 0 Å². The van der Waals surface area contributed by atoms with Crippen LogP contribution < -0.4 is 5.32 Å². The molecule has 0 aromatic heterocycles. The maximum atomic E-state index is 12.6. The standard InChI is InChI=1S/C18H33N3O3/c1-14-12-20(13-15(2)21(14)7-8-22)17(23)19-11-16-4-9-24-18(10-16)5-3-6-18/h14-16,22H,3-13H2,1-2H3,(H,19,23)/t14-,15+,16?. The van der Waals surface area contributed by atoms with Gasteiger partial charge in [-0.25, -0.2) is 4.79 Å². The van der Waals surface area contributed by atoms with Crippen LogP contribution in [0.5, 0.6) is 0 Å². The zero-order valence-corrected chi connectivity index (χ0v) is 15.2. The third-order valence-corrected chi connectivity index (χ3v) is 6.15. The van der Waals surface area contributed by atoms with Crippen LogP contribution in [0.1, 0.15) is 46.0 Å². The van der Waals surface area contributed by atoms with Crippen LogP contribution >= 0.6 is 0 Å². The molecule has 0 aromatic rings. The van der Waals surface area contributed by atoms with Gasteiger partial charge in [0.05, 0.1) is 12.2 Å². The maximum Gasteiger partial charge on any atom is 0.317 e. The van der Waals surface area contributed by atoms with Gasteiger partial charge in [-0.1, -0.05) is 0 Å². The number of amides is 2. The van der Waals surface area contributed by atoms with Crippen LogP contribution in [-0.2, 0) is 4.74 Å². The SMILES string of the molecule is C[C@@H]1CN(C(=O)NCC2CCOC3(CCC3)C2)C[C@H](C)N1CCO. The van der Waals surface area contributed by atoms with Gasteiger partial charge in [0.25, 0.3) is 0 Å². The van der Waals surface area contributed by atoms with E-state index in [9.17, 15) is 9.90 Å². The molecule has 1 aliphatic carbocycles. The molecule has 1 saturated carbocycles. The molecular weight excluding hydrogens is 306 g/mol. The third kappa shape index (κ3) is 3.86. The molecule has 3 rings (SSSR count). The highest BCUT2D eigenvalue weighted by Gasteiger charge is 2.42. The summed E-state index contributed by atoms with van der Waals surface area (Å²) >= 11 is 0. The minimum atomic E-state index is 0.0616. The molecule has 3 atom stereocenters. The Labute approximate surface area is 145 Å². The highest BCUT2D eigenvalue weighted by Crippen LogP contribution is 2.44. The second-order valence-electron chi connectivity index (χ2n) is 7.99. The Kier molecular flexibility index (Phi) is 5.67. The van der Waals surface area contributed by atoms with Crippen LogP contribution in [0.15, 0.2) is 0 Å². The Morgan fingerprint density at radius 1 is 1.29 bits per heavy atom. The highest BCUT2D eigenvalue weighted by molar-refractivity contribution is 5.74. The first-order valence-electron chi connectivity index (χ1n) is 9.56. The first-order chi connectivity index (χ1) is 11.5. The molecule has 6 heteroatoms. The zero-order chi connectivity index (χ0) is 17.2. The van der Waals surface area contributed by atoms with Gasteiger partial charge >= 0.3 is 6.03 Å². The quantitative estimate of drug-likeness (QED) is 0.813. The number of nitrogens with zero attached hydrogens (tertiary/aromatic N) is 2. The van der Waals surface area contributed by atoms with Crippen LogP contribution in [0, 0.1) is 5.92 Å². The van der Waals surface area contributed by atoms with Crippen molar-refractivity contribution in [1.82, 2.24) is 15.1 Å². The summed E-state index contributed by atoms with van der Waals surface area (Å²) in [6, 6.07) is 0.632. The molecule has 3 fully saturated rings. The lowest BCUT2D eigenvalue weighted by Crippen LogP contribution is -2.60. The lowest BCUT2D eigenvalue weighted by Gasteiger charge is -2.47. The van der Waals surface area contributed by atoms with E-state index < -0.39 is 0 Å². The normalized spacial score (nSPS) is 33.3. The van der Waals surface area contributed by atoms with E-state index in [1.54, 1.807) is 0 Å². The molecule has 2 saturated heterocycles. The van der Waals surface area contributed by atoms with E-state index >= 15 is 0 Å². The van der Waals surface area contributed by atoms with Crippen molar-refractivity contribution in [3.8, 4) is 0 Å². The van der Waals surface area contributed by atoms with E-state index in [-0.39, 0.29) is 30.3 Å². The minimum absolute atomic E-state index is 0.0616. The summed E-state index contributed by atoms with van der Waals surface area (Å²) in [4.78, 5) is 16.8. The van der Waals surface area contributed by atoms with Gasteiger partial charge in [-0.05, 0) is 51.9 Å². The monoisotopic (exact) mass is 339 g/mol. The second-order valence-corrected chi connectivity index (χ2v) is 7.99. The van der Waals surface area contributed by atoms with Crippen LogP contribution in [0.2, 0.25) is 0 Å². The minimum Gasteiger partial charge on any atom is -0.395 e. The number of ether oxygens (including phenoxy) is 1. The van der Waals surface area contributed by atoms with Crippen molar-refractivity contribution in [2.24, 2.45) is 5.92 Å². The summed E-state index contributed by atoms with van der Waals surface area (Å²) in [6.07, 6.45) is 5.83. The molecule has 138 valence electrons. The fraction of sp³-hybridized carbons (Fsp3) is 0.944. The number of carbonyl (C=O) groups excluding carboxylic acids is 1. The van der Waals surface area contributed by atoms with Crippen molar-refractivity contribution < 1.29 is 14.6 Å². The maximum absolute atomic E-state index is 12.6. The number of β-amino-alcohol motifs (C(OH)–C–C–N with tert-alkyl or cyclic N) is 1. The van der Waals surface area contributed by atoms with Crippen molar-refractivity contribution in [3.63, 3.8) is 0 Å². The van der Waals surface area contributed by atoms with Gasteiger partial charge in [-0.3, -0.25) is 4.90 Å². The molecule has 0 aromatic carbocycles. The first kappa shape index (κ1) is 18.0. The fourth-order valence-corrected chi connectivity index (χ4v) is 4.65. The van der Waals surface area contributed by atoms with Gasteiger partial charge in [-0.15, -0.1) is 0 Å². The van der Waals surface area contributed by atoms with Gasteiger partial charge in [0.2, 0.25) is 0 Å². The molecule has 2 N–H and O–H groups in total. The van der Waals surface area contributed by atoms with Gasteiger partial charge < -0.3 is 20.1 Å². The molecule has 1 unspecified atom stereocenters. The van der Waals surface area contributed by atoms with E-state index in [0.717, 1.165) is 39.1 Å². The predicted molar refractivity (Wildman–Crippen MR) is 92.9 cm³/mol. The number of hydrogen-bond acceptors (Lipinski definition) is 4. The Hall–Kier alpha value is -0.850. The number of piperazine rings is 1. The van der Waals surface area contributed by atoms with Crippen molar-refractivity contribution in [1.29, 1.82) is 0 Å². The molecule has 3 aliphatic rings. The largest absolute Gasteiger partial charge is 0.395 e. The highest BCUT2D eigenvalue weighted by atomic mass is 16.5. The number of aliphatic hydroxyl groups is 1. The van der Waals surface area contributed by atoms with Crippen LogP contribution in [-0.4, -0.2) is 78.0 Å². The van der Waals surface area contributed by atoms with E-state index in [1.165, 1.54) is 19.3 Å². The molecule has 2 amide bonds. The van der Waals surface area contributed by atoms with E-state index in [1.807, 2.05) is 4.90 Å². The van der Waals surface area contributed by atoms with E-state index in [2.05, 4.69) is 24.1 Å². The number of rotatable bonds is 4. The summed E-state index contributed by atoms with van der Waals surface area (Å²) in [5.74, 6) is 0.550. The van der Waals surface area contributed by atoms with Crippen molar-refractivity contribution in [3.05, 3.63) is 0 Å². The predicted octanol–water partition coefficient (Wildman–Crippen LogP) is 1.43. The Bertz CT molecular complexity index is 429. The summed E-state index contributed by atoms with van der Waals surface area (Å²) in [5, 5.41) is 12.3. The molecule has 2 heterocycles. The lowest BCUT2D eigenvalue weighted by molar-refractivity contribution is -0.142. The van der Waals surface area contributed by atoms with Gasteiger partial charge in [0.15, 0.2) is 0 Å². The molecule has 0 bridgehead atoms. The number of hydrogen-bond donors (Lipinski definition) is 2. The molecule has 1 spiro atoms. The summed E-state index contributed by atoms with van der Waals surface area (Å²) in [7, 11) is 0. The molecule has 0 radical (unpaired) electrons. The van der Waals surface area contributed by atoms with E-state index in [0.29, 0.717) is 12.5 Å². The smallest absolute Gasteiger partial charge is 0.317 e. The zero-order valence-electron chi connectivity index (χ0n) is 15.2. The first-order valence-corrected chi connectivity index (χ1v) is 9.56. The van der Waals surface area contributed by atoms with Crippen LogP contribution in [0.4, 0.5) is 4.79 Å². The van der Waals surface area contributed by atoms with Crippen LogP contribution in [0.25, 0.3) is 0 Å². The molecular formula is C18H33N3O3. The van der Waals surface area contributed by atoms with Crippen molar-refractivity contribution in [2.75, 3.05) is 39.4 Å². The number of carbonyl (C=O) groups is 1. The summed E-state index contributed by atoms with van der Waals surface area (Å²) < 4.78 is 5.97. The van der Waals surface area contributed by atoms with E-state index in [4.69, 9.17) is 4.74 Å². The van der Waals surface area contributed by atoms with Crippen molar-refractivity contribution in [2.45, 2.75) is 63.6 Å². The number of aliphatic hydroxyl groups excluding tert-OH is 1. The fourth-order valence-electron chi connectivity index (χ4n) is 4.65. The molecule has 6 nitrogen and oxygen atoms in total. The number of urea groups is 1. The van der Waals surface area contributed by atoms with Gasteiger partial charge in [0, 0.05) is 44.9 Å². The Balaban J connectivity index is 1.45. The summed E-state index contributed by atoms with van der Waals surface area (Å²) in [5.41, 5.74) is 0.145. The topological polar surface area (TPSA) is 65.0 Å². The lowest BCUT2D eigenvalue weighted by atomic mass is 9.72. The molecule has 2 aliphatic heterocycles. The average Bonchev–Trinajstić information content (AvgIpc) is 2.54. The average molecular weight is 339 g/mol. The number of nitrogens with one attached hydrogen (secondary N) is 1. The van der Waals surface area contributed by atoms with Gasteiger partial charge in [0.1, 0.15) is 0 Å². The summed E-state index contributed by atoms with van der Waals surface area (Å²) in [6.45, 7) is 8.18. The van der Waals surface area contributed by atoms with Crippen LogP contribution in [0.3, 0.4) is 0 Å². The second kappa shape index (κ2) is 7.58. The molecule has 24 heavy (non-hydrogen) atoms. The third-order valence-electron chi connectivity index (χ3n) is 6.15. The Morgan fingerprint density at radius 2 is 2.00 bits per heavy atom. The van der Waals surface area contributed by atoms with Crippen molar-refractivity contribution >= 4 is 6.03 Å². The Morgan fingerprint density at radius 3 is 2.58 bits per heavy atom.